The summed E-state index contributed by atoms with van der Waals surface area (Å²) in [6.45, 7) is 6.97. The van der Waals surface area contributed by atoms with E-state index in [0.29, 0.717) is 29.0 Å². The van der Waals surface area contributed by atoms with Crippen LogP contribution in [0.15, 0.2) is 18.2 Å². The average Bonchev–Trinajstić information content (AvgIpc) is 2.16. The lowest BCUT2D eigenvalue weighted by molar-refractivity contribution is -0.0162. The van der Waals surface area contributed by atoms with E-state index < -0.39 is 0 Å². The highest BCUT2D eigenvalue weighted by atomic mass is 35.5. The Labute approximate surface area is 106 Å². The Bertz CT molecular complexity index is 345. The highest BCUT2D eigenvalue weighted by molar-refractivity contribution is 6.34. The van der Waals surface area contributed by atoms with Gasteiger partial charge in [-0.3, -0.25) is 0 Å². The molecule has 0 aliphatic heterocycles. The molecule has 0 fully saturated rings. The van der Waals surface area contributed by atoms with Gasteiger partial charge in [-0.25, -0.2) is 0 Å². The zero-order valence-corrected chi connectivity index (χ0v) is 11.2. The number of ether oxygens (including phenoxy) is 2. The summed E-state index contributed by atoms with van der Waals surface area (Å²) in [4.78, 5) is 0. The smallest absolute Gasteiger partial charge is 0.139 e. The number of rotatable bonds is 4. The summed E-state index contributed by atoms with van der Waals surface area (Å²) >= 11 is 11.8. The highest BCUT2D eigenvalue weighted by Crippen LogP contribution is 2.27. The second-order valence-electron chi connectivity index (χ2n) is 4.38. The molecule has 0 unspecified atom stereocenters. The molecule has 90 valence electrons. The molecule has 4 heteroatoms. The minimum Gasteiger partial charge on any atom is -0.490 e. The van der Waals surface area contributed by atoms with Crippen LogP contribution in [0.4, 0.5) is 0 Å². The van der Waals surface area contributed by atoms with Crippen LogP contribution in [0.25, 0.3) is 0 Å². The maximum atomic E-state index is 5.94. The predicted octanol–water partition coefficient (Wildman–Crippen LogP) is 4.19. The van der Waals surface area contributed by atoms with Gasteiger partial charge >= 0.3 is 0 Å². The average molecular weight is 263 g/mol. The number of hydrogen-bond donors (Lipinski definition) is 0. The van der Waals surface area contributed by atoms with E-state index in [1.807, 2.05) is 20.8 Å². The van der Waals surface area contributed by atoms with Gasteiger partial charge in [0.2, 0.25) is 0 Å². The Balaban J connectivity index is 2.40. The van der Waals surface area contributed by atoms with Gasteiger partial charge < -0.3 is 9.47 Å². The monoisotopic (exact) mass is 262 g/mol. The van der Waals surface area contributed by atoms with Crippen molar-refractivity contribution in [2.24, 2.45) is 0 Å². The molecule has 1 aromatic carbocycles. The lowest BCUT2D eigenvalue weighted by Gasteiger charge is -2.19. The summed E-state index contributed by atoms with van der Waals surface area (Å²) < 4.78 is 11.0. The minimum atomic E-state index is -0.151. The van der Waals surface area contributed by atoms with E-state index in [2.05, 4.69) is 0 Å². The normalized spacial score (nSPS) is 11.6. The molecule has 0 spiro atoms. The molecule has 0 bridgehead atoms. The standard InChI is InChI=1S/C12H16Cl2O2/c1-12(2,3)16-7-6-15-11-8-9(13)4-5-10(11)14/h4-5,8H,6-7H2,1-3H3. The van der Waals surface area contributed by atoms with E-state index in [1.54, 1.807) is 18.2 Å². The number of halogens is 2. The second-order valence-corrected chi connectivity index (χ2v) is 5.23. The van der Waals surface area contributed by atoms with Crippen molar-refractivity contribution in [2.75, 3.05) is 13.2 Å². The molecule has 0 aromatic heterocycles. The fraction of sp³-hybridized carbons (Fsp3) is 0.500. The predicted molar refractivity (Wildman–Crippen MR) is 67.7 cm³/mol. The quantitative estimate of drug-likeness (QED) is 0.758. The summed E-state index contributed by atoms with van der Waals surface area (Å²) in [6.07, 6.45) is 0. The van der Waals surface area contributed by atoms with Crippen molar-refractivity contribution in [2.45, 2.75) is 26.4 Å². The molecular formula is C12H16Cl2O2. The maximum Gasteiger partial charge on any atom is 0.139 e. The molecule has 0 amide bonds. The second kappa shape index (κ2) is 5.76. The van der Waals surface area contributed by atoms with Gasteiger partial charge in [-0.1, -0.05) is 23.2 Å². The maximum absolute atomic E-state index is 5.94. The van der Waals surface area contributed by atoms with Crippen molar-refractivity contribution in [1.82, 2.24) is 0 Å². The summed E-state index contributed by atoms with van der Waals surface area (Å²) in [5.74, 6) is 0.590. The van der Waals surface area contributed by atoms with Crippen molar-refractivity contribution in [1.29, 1.82) is 0 Å². The third-order valence-corrected chi connectivity index (χ3v) is 2.32. The molecule has 1 rings (SSSR count). The zero-order chi connectivity index (χ0) is 12.2. The van der Waals surface area contributed by atoms with Gasteiger partial charge in [-0.2, -0.15) is 0 Å². The van der Waals surface area contributed by atoms with Crippen molar-refractivity contribution in [3.63, 3.8) is 0 Å². The third kappa shape index (κ3) is 5.06. The van der Waals surface area contributed by atoms with Gasteiger partial charge in [0.25, 0.3) is 0 Å². The molecule has 0 saturated carbocycles. The zero-order valence-electron chi connectivity index (χ0n) is 9.72. The first-order valence-corrected chi connectivity index (χ1v) is 5.86. The van der Waals surface area contributed by atoms with Gasteiger partial charge in [0.15, 0.2) is 0 Å². The molecule has 0 radical (unpaired) electrons. The first kappa shape index (κ1) is 13.6. The fourth-order valence-electron chi connectivity index (χ4n) is 1.09. The van der Waals surface area contributed by atoms with Gasteiger partial charge in [-0.05, 0) is 32.9 Å². The first-order valence-electron chi connectivity index (χ1n) is 5.10. The van der Waals surface area contributed by atoms with Crippen LogP contribution in [0.5, 0.6) is 5.75 Å². The molecule has 1 aromatic rings. The van der Waals surface area contributed by atoms with Crippen LogP contribution in [-0.2, 0) is 4.74 Å². The third-order valence-electron chi connectivity index (χ3n) is 1.77. The summed E-state index contributed by atoms with van der Waals surface area (Å²) in [5, 5.41) is 1.16. The topological polar surface area (TPSA) is 18.5 Å². The van der Waals surface area contributed by atoms with E-state index in [1.165, 1.54) is 0 Å². The van der Waals surface area contributed by atoms with Crippen LogP contribution in [0.2, 0.25) is 10.0 Å². The van der Waals surface area contributed by atoms with Crippen molar-refractivity contribution < 1.29 is 9.47 Å². The van der Waals surface area contributed by atoms with E-state index in [-0.39, 0.29) is 5.60 Å². The van der Waals surface area contributed by atoms with Crippen molar-refractivity contribution in [3.8, 4) is 5.75 Å². The van der Waals surface area contributed by atoms with E-state index >= 15 is 0 Å². The molecule has 0 N–H and O–H groups in total. The molecule has 0 aliphatic rings. The van der Waals surface area contributed by atoms with Gasteiger partial charge in [-0.15, -0.1) is 0 Å². The van der Waals surface area contributed by atoms with E-state index in [0.717, 1.165) is 0 Å². The Hall–Kier alpha value is -0.440. The van der Waals surface area contributed by atoms with Crippen molar-refractivity contribution in [3.05, 3.63) is 28.2 Å². The van der Waals surface area contributed by atoms with Crippen LogP contribution in [-0.4, -0.2) is 18.8 Å². The van der Waals surface area contributed by atoms with Gasteiger partial charge in [0.05, 0.1) is 17.2 Å². The molecule has 2 nitrogen and oxygen atoms in total. The molecule has 16 heavy (non-hydrogen) atoms. The Kier molecular flexibility index (Phi) is 4.90. The van der Waals surface area contributed by atoms with Crippen molar-refractivity contribution >= 4 is 23.2 Å². The molecule has 0 aliphatic carbocycles. The number of hydrogen-bond acceptors (Lipinski definition) is 2. The fourth-order valence-corrected chi connectivity index (χ4v) is 1.42. The van der Waals surface area contributed by atoms with Crippen LogP contribution in [0.1, 0.15) is 20.8 Å². The Morgan fingerprint density at radius 2 is 1.81 bits per heavy atom. The minimum absolute atomic E-state index is 0.151. The highest BCUT2D eigenvalue weighted by Gasteiger charge is 2.09. The molecule has 0 atom stereocenters. The Morgan fingerprint density at radius 1 is 1.12 bits per heavy atom. The van der Waals surface area contributed by atoms with E-state index in [9.17, 15) is 0 Å². The number of benzene rings is 1. The molecular weight excluding hydrogens is 247 g/mol. The Morgan fingerprint density at radius 3 is 2.44 bits per heavy atom. The van der Waals surface area contributed by atoms with Crippen LogP contribution in [0, 0.1) is 0 Å². The SMILES string of the molecule is CC(C)(C)OCCOc1cc(Cl)ccc1Cl. The van der Waals surface area contributed by atoms with Gasteiger partial charge in [0.1, 0.15) is 12.4 Å². The first-order chi connectivity index (χ1) is 7.38. The lowest BCUT2D eigenvalue weighted by Crippen LogP contribution is -2.22. The van der Waals surface area contributed by atoms with Crippen LogP contribution < -0.4 is 4.74 Å². The lowest BCUT2D eigenvalue weighted by atomic mass is 10.2. The largest absolute Gasteiger partial charge is 0.490 e. The summed E-state index contributed by atoms with van der Waals surface area (Å²) in [7, 11) is 0. The summed E-state index contributed by atoms with van der Waals surface area (Å²) in [6, 6.07) is 5.13. The molecule has 0 heterocycles. The van der Waals surface area contributed by atoms with Crippen LogP contribution >= 0.6 is 23.2 Å². The van der Waals surface area contributed by atoms with E-state index in [4.69, 9.17) is 32.7 Å². The van der Waals surface area contributed by atoms with Gasteiger partial charge in [0, 0.05) is 11.1 Å². The molecule has 0 saturated heterocycles. The summed E-state index contributed by atoms with van der Waals surface area (Å²) in [5.41, 5.74) is -0.151. The van der Waals surface area contributed by atoms with Crippen LogP contribution in [0.3, 0.4) is 0 Å².